The fraction of sp³-hybridized carbons (Fsp3) is 0.211. The molecule has 148 valence electrons. The summed E-state index contributed by atoms with van der Waals surface area (Å²) in [6.07, 6.45) is 3.15. The number of benzene rings is 2. The van der Waals surface area contributed by atoms with E-state index in [2.05, 4.69) is 21.1 Å². The summed E-state index contributed by atoms with van der Waals surface area (Å²) >= 11 is 5.14. The van der Waals surface area contributed by atoms with Crippen LogP contribution in [0.5, 0.6) is 23.0 Å². The Bertz CT molecular complexity index is 802. The molecule has 0 aliphatic heterocycles. The predicted molar refractivity (Wildman–Crippen MR) is 113 cm³/mol. The Morgan fingerprint density at radius 1 is 0.750 bits per heavy atom. The Balaban J connectivity index is 1.97. The quantitative estimate of drug-likeness (QED) is 0.399. The summed E-state index contributed by atoms with van der Waals surface area (Å²) in [7, 11) is 6.28. The fourth-order valence-electron chi connectivity index (χ4n) is 2.37. The maximum absolute atomic E-state index is 5.34. The van der Waals surface area contributed by atoms with Crippen molar-refractivity contribution in [1.82, 2.24) is 10.9 Å². The van der Waals surface area contributed by atoms with Crippen molar-refractivity contribution in [1.29, 1.82) is 0 Å². The van der Waals surface area contributed by atoms with Crippen molar-refractivity contribution in [3.8, 4) is 23.0 Å². The number of rotatable bonds is 8. The summed E-state index contributed by atoms with van der Waals surface area (Å²) < 4.78 is 21.2. The van der Waals surface area contributed by atoms with E-state index in [9.17, 15) is 0 Å². The third kappa shape index (κ3) is 5.34. The van der Waals surface area contributed by atoms with E-state index >= 15 is 0 Å². The molecule has 0 aromatic heterocycles. The van der Waals surface area contributed by atoms with E-state index in [1.54, 1.807) is 53.0 Å². The van der Waals surface area contributed by atoms with Gasteiger partial charge in [-0.2, -0.15) is 10.2 Å². The van der Waals surface area contributed by atoms with Crippen molar-refractivity contribution in [3.63, 3.8) is 0 Å². The molecule has 0 aliphatic carbocycles. The summed E-state index contributed by atoms with van der Waals surface area (Å²) in [6, 6.07) is 11.0. The highest BCUT2D eigenvalue weighted by Crippen LogP contribution is 2.30. The molecule has 0 spiro atoms. The van der Waals surface area contributed by atoms with Crippen molar-refractivity contribution < 1.29 is 18.9 Å². The zero-order valence-electron chi connectivity index (χ0n) is 16.1. The van der Waals surface area contributed by atoms with Gasteiger partial charge in [-0.1, -0.05) is 12.1 Å². The zero-order valence-corrected chi connectivity index (χ0v) is 16.9. The van der Waals surface area contributed by atoms with E-state index in [1.165, 1.54) is 0 Å². The van der Waals surface area contributed by atoms with E-state index in [0.717, 1.165) is 11.1 Å². The molecule has 0 atom stereocenters. The lowest BCUT2D eigenvalue weighted by molar-refractivity contribution is 0.354. The summed E-state index contributed by atoms with van der Waals surface area (Å²) in [5.74, 6) is 2.39. The van der Waals surface area contributed by atoms with Crippen molar-refractivity contribution in [2.45, 2.75) is 0 Å². The Morgan fingerprint density at radius 3 is 1.54 bits per heavy atom. The maximum atomic E-state index is 5.34. The molecule has 28 heavy (non-hydrogen) atoms. The molecule has 2 rings (SSSR count). The van der Waals surface area contributed by atoms with Gasteiger partial charge in [0, 0.05) is 11.1 Å². The molecule has 0 aliphatic rings. The highest BCUT2D eigenvalue weighted by molar-refractivity contribution is 7.80. The fourth-order valence-corrected chi connectivity index (χ4v) is 2.48. The first-order valence-corrected chi connectivity index (χ1v) is 8.59. The van der Waals surface area contributed by atoms with Gasteiger partial charge in [0.2, 0.25) is 5.11 Å². The van der Waals surface area contributed by atoms with Crippen LogP contribution < -0.4 is 29.8 Å². The first-order chi connectivity index (χ1) is 13.6. The molecule has 0 radical (unpaired) electrons. The van der Waals surface area contributed by atoms with Crippen LogP contribution in [0.2, 0.25) is 0 Å². The molecule has 2 aromatic carbocycles. The standard InChI is InChI=1S/C19H22N4O4S/c1-24-15-9-5-7-13(17(15)26-3)11-20-22-19(28)23-21-12-14-8-6-10-16(25-2)18(14)27-4/h5-12H,1-4H3,(H2,22,23,28)/b20-11+,21-12+. The van der Waals surface area contributed by atoms with Crippen LogP contribution >= 0.6 is 12.2 Å². The van der Waals surface area contributed by atoms with E-state index in [4.69, 9.17) is 31.2 Å². The van der Waals surface area contributed by atoms with Crippen molar-refractivity contribution in [3.05, 3.63) is 47.5 Å². The number of methoxy groups -OCH3 is 4. The van der Waals surface area contributed by atoms with Gasteiger partial charge in [-0.25, -0.2) is 0 Å². The molecular formula is C19H22N4O4S. The molecule has 8 nitrogen and oxygen atoms in total. The van der Waals surface area contributed by atoms with Crippen LogP contribution in [0.1, 0.15) is 11.1 Å². The number of nitrogens with one attached hydrogen (secondary N) is 2. The number of hydrogen-bond donors (Lipinski definition) is 2. The summed E-state index contributed by atoms with van der Waals surface area (Å²) in [5.41, 5.74) is 6.84. The van der Waals surface area contributed by atoms with E-state index in [0.29, 0.717) is 23.0 Å². The molecule has 0 fully saturated rings. The number of ether oxygens (including phenoxy) is 4. The highest BCUT2D eigenvalue weighted by atomic mass is 32.1. The van der Waals surface area contributed by atoms with Crippen molar-refractivity contribution >= 4 is 29.8 Å². The minimum atomic E-state index is 0.219. The largest absolute Gasteiger partial charge is 0.493 e. The van der Waals surface area contributed by atoms with Gasteiger partial charge in [-0.05, 0) is 36.5 Å². The molecule has 0 heterocycles. The normalized spacial score (nSPS) is 10.7. The first-order valence-electron chi connectivity index (χ1n) is 8.18. The Hall–Kier alpha value is -3.33. The minimum Gasteiger partial charge on any atom is -0.493 e. The minimum absolute atomic E-state index is 0.219. The first kappa shape index (κ1) is 21.0. The lowest BCUT2D eigenvalue weighted by Crippen LogP contribution is -2.28. The number of nitrogens with zero attached hydrogens (tertiary/aromatic N) is 2. The van der Waals surface area contributed by atoms with Gasteiger partial charge < -0.3 is 18.9 Å². The topological polar surface area (TPSA) is 85.7 Å². The Morgan fingerprint density at radius 2 is 1.18 bits per heavy atom. The van der Waals surface area contributed by atoms with Crippen LogP contribution in [0.3, 0.4) is 0 Å². The van der Waals surface area contributed by atoms with Gasteiger partial charge >= 0.3 is 0 Å². The molecule has 2 N–H and O–H groups in total. The van der Waals surface area contributed by atoms with Crippen LogP contribution in [0, 0.1) is 0 Å². The van der Waals surface area contributed by atoms with Gasteiger partial charge in [0.15, 0.2) is 23.0 Å². The lowest BCUT2D eigenvalue weighted by Gasteiger charge is -2.10. The van der Waals surface area contributed by atoms with Gasteiger partial charge in [-0.3, -0.25) is 10.9 Å². The van der Waals surface area contributed by atoms with Gasteiger partial charge in [-0.15, -0.1) is 0 Å². The molecule has 9 heteroatoms. The Kier molecular flexibility index (Phi) is 8.04. The van der Waals surface area contributed by atoms with Crippen LogP contribution in [0.25, 0.3) is 0 Å². The van der Waals surface area contributed by atoms with Crippen LogP contribution in [-0.4, -0.2) is 46.0 Å². The smallest absolute Gasteiger partial charge is 0.207 e. The van der Waals surface area contributed by atoms with E-state index in [-0.39, 0.29) is 5.11 Å². The monoisotopic (exact) mass is 402 g/mol. The predicted octanol–water partition coefficient (Wildman–Crippen LogP) is 2.55. The molecule has 0 saturated carbocycles. The second kappa shape index (κ2) is 10.7. The van der Waals surface area contributed by atoms with E-state index < -0.39 is 0 Å². The highest BCUT2D eigenvalue weighted by Gasteiger charge is 2.08. The third-order valence-electron chi connectivity index (χ3n) is 3.61. The third-order valence-corrected chi connectivity index (χ3v) is 3.79. The van der Waals surface area contributed by atoms with Crippen molar-refractivity contribution in [2.75, 3.05) is 28.4 Å². The van der Waals surface area contributed by atoms with Crippen LogP contribution in [0.15, 0.2) is 46.6 Å². The average Bonchev–Trinajstić information content (AvgIpc) is 2.73. The second-order valence-electron chi connectivity index (χ2n) is 5.23. The number of hydrazone groups is 2. The van der Waals surface area contributed by atoms with E-state index in [1.807, 2.05) is 24.3 Å². The molecule has 0 bridgehead atoms. The lowest BCUT2D eigenvalue weighted by atomic mass is 10.2. The molecule has 0 amide bonds. The zero-order chi connectivity index (χ0) is 20.4. The average molecular weight is 402 g/mol. The van der Waals surface area contributed by atoms with Gasteiger partial charge in [0.1, 0.15) is 0 Å². The summed E-state index contributed by atoms with van der Waals surface area (Å²) in [4.78, 5) is 0. The van der Waals surface area contributed by atoms with Crippen LogP contribution in [-0.2, 0) is 0 Å². The number of hydrogen-bond acceptors (Lipinski definition) is 7. The molecular weight excluding hydrogens is 380 g/mol. The van der Waals surface area contributed by atoms with Gasteiger partial charge in [0.25, 0.3) is 0 Å². The number of thiocarbonyl (C=S) groups is 1. The second-order valence-corrected chi connectivity index (χ2v) is 5.64. The molecule has 2 aromatic rings. The Labute approximate surface area is 169 Å². The SMILES string of the molecule is COc1cccc(/C=N/NC(=S)N/N=C/c2cccc(OC)c2OC)c1OC. The summed E-state index contributed by atoms with van der Waals surface area (Å²) in [6.45, 7) is 0. The molecule has 0 saturated heterocycles. The summed E-state index contributed by atoms with van der Waals surface area (Å²) in [5, 5.41) is 8.38. The molecule has 0 unspecified atom stereocenters. The van der Waals surface area contributed by atoms with Gasteiger partial charge in [0.05, 0.1) is 40.9 Å². The van der Waals surface area contributed by atoms with Crippen molar-refractivity contribution in [2.24, 2.45) is 10.2 Å². The van der Waals surface area contributed by atoms with Crippen LogP contribution in [0.4, 0.5) is 0 Å². The maximum Gasteiger partial charge on any atom is 0.207 e. The number of para-hydroxylation sites is 2.